The first-order chi connectivity index (χ1) is 11.3. The number of methoxy groups -OCH3 is 2. The van der Waals surface area contributed by atoms with Crippen LogP contribution in [0.1, 0.15) is 18.5 Å². The van der Waals surface area contributed by atoms with Crippen molar-refractivity contribution in [2.24, 2.45) is 0 Å². The Balaban J connectivity index is 2.68. The highest BCUT2D eigenvalue weighted by Gasteiger charge is 2.36. The summed E-state index contributed by atoms with van der Waals surface area (Å²) in [6.07, 6.45) is 0. The molecule has 1 atom stereocenters. The first kappa shape index (κ1) is 17.3. The molecule has 1 unspecified atom stereocenters. The van der Waals surface area contributed by atoms with Crippen LogP contribution in [0.25, 0.3) is 0 Å². The van der Waals surface area contributed by atoms with E-state index in [1.165, 1.54) is 44.4 Å². The van der Waals surface area contributed by atoms with E-state index in [2.05, 4.69) is 5.32 Å². The quantitative estimate of drug-likeness (QED) is 0.510. The van der Waals surface area contributed by atoms with E-state index in [1.807, 2.05) is 0 Å². The van der Waals surface area contributed by atoms with E-state index < -0.39 is 23.0 Å². The van der Waals surface area contributed by atoms with Gasteiger partial charge in [0.15, 0.2) is 0 Å². The monoisotopic (exact) mass is 335 g/mol. The van der Waals surface area contributed by atoms with Crippen molar-refractivity contribution in [2.75, 3.05) is 21.3 Å². The summed E-state index contributed by atoms with van der Waals surface area (Å²) in [4.78, 5) is 36.1. The van der Waals surface area contributed by atoms with E-state index in [1.54, 1.807) is 6.92 Å². The molecule has 1 aromatic rings. The molecule has 2 amide bonds. The third-order valence-electron chi connectivity index (χ3n) is 3.89. The normalized spacial score (nSPS) is 17.4. The number of nitro groups is 1. The Morgan fingerprint density at radius 2 is 2.04 bits per heavy atom. The molecule has 0 radical (unpaired) electrons. The van der Waals surface area contributed by atoms with E-state index in [0.717, 1.165) is 0 Å². The van der Waals surface area contributed by atoms with Gasteiger partial charge in [-0.1, -0.05) is 0 Å². The number of rotatable bonds is 4. The number of amides is 2. The largest absolute Gasteiger partial charge is 0.496 e. The molecule has 24 heavy (non-hydrogen) atoms. The number of urea groups is 1. The molecule has 0 saturated heterocycles. The minimum Gasteiger partial charge on any atom is -0.496 e. The van der Waals surface area contributed by atoms with Gasteiger partial charge >= 0.3 is 12.0 Å². The fraction of sp³-hybridized carbons (Fsp3) is 0.333. The molecule has 0 spiro atoms. The SMILES string of the molecule is COC(=O)C1=C(C)N(C)C(=O)NC1c1cc([N+](=O)[O-])ccc1OC. The number of hydrogen-bond donors (Lipinski definition) is 1. The van der Waals surface area contributed by atoms with Gasteiger partial charge in [-0.15, -0.1) is 0 Å². The van der Waals surface area contributed by atoms with Gasteiger partial charge in [-0.05, 0) is 13.0 Å². The fourth-order valence-corrected chi connectivity index (χ4v) is 2.50. The number of allylic oxidation sites excluding steroid dienone is 1. The van der Waals surface area contributed by atoms with Crippen LogP contribution in [0, 0.1) is 10.1 Å². The minimum atomic E-state index is -0.920. The van der Waals surface area contributed by atoms with E-state index in [-0.39, 0.29) is 11.3 Å². The first-order valence-corrected chi connectivity index (χ1v) is 6.97. The molecule has 1 aliphatic heterocycles. The fourth-order valence-electron chi connectivity index (χ4n) is 2.50. The average Bonchev–Trinajstić information content (AvgIpc) is 2.58. The molecule has 0 aromatic heterocycles. The number of non-ortho nitro benzene ring substituents is 1. The van der Waals surface area contributed by atoms with Gasteiger partial charge < -0.3 is 19.7 Å². The number of carbonyl (C=O) groups is 2. The summed E-state index contributed by atoms with van der Waals surface area (Å²) in [5.41, 5.74) is 0.691. The molecule has 2 rings (SSSR count). The highest BCUT2D eigenvalue weighted by atomic mass is 16.6. The number of esters is 1. The number of hydrogen-bond acceptors (Lipinski definition) is 6. The van der Waals surface area contributed by atoms with Gasteiger partial charge in [0.05, 0.1) is 30.8 Å². The van der Waals surface area contributed by atoms with Crippen LogP contribution in [0.4, 0.5) is 10.5 Å². The summed E-state index contributed by atoms with van der Waals surface area (Å²) < 4.78 is 10.0. The summed E-state index contributed by atoms with van der Waals surface area (Å²) >= 11 is 0. The van der Waals surface area contributed by atoms with Gasteiger partial charge in [0.1, 0.15) is 5.75 Å². The molecule has 0 bridgehead atoms. The predicted molar refractivity (Wildman–Crippen MR) is 83.4 cm³/mol. The number of nitro benzene ring substituents is 1. The Morgan fingerprint density at radius 3 is 2.58 bits per heavy atom. The van der Waals surface area contributed by atoms with Crippen molar-refractivity contribution in [3.8, 4) is 5.75 Å². The highest BCUT2D eigenvalue weighted by Crippen LogP contribution is 2.37. The summed E-state index contributed by atoms with van der Waals surface area (Å²) in [5, 5.41) is 13.7. The molecule has 1 heterocycles. The Kier molecular flexibility index (Phi) is 4.72. The molecule has 0 saturated carbocycles. The summed E-state index contributed by atoms with van der Waals surface area (Å²) in [5.74, 6) is -0.331. The van der Waals surface area contributed by atoms with Gasteiger partial charge in [-0.3, -0.25) is 10.1 Å². The number of benzene rings is 1. The lowest BCUT2D eigenvalue weighted by Gasteiger charge is -2.33. The Bertz CT molecular complexity index is 743. The van der Waals surface area contributed by atoms with E-state index in [0.29, 0.717) is 17.0 Å². The van der Waals surface area contributed by atoms with Crippen molar-refractivity contribution in [2.45, 2.75) is 13.0 Å². The first-order valence-electron chi connectivity index (χ1n) is 6.97. The molecule has 128 valence electrons. The van der Waals surface area contributed by atoms with Crippen molar-refractivity contribution in [3.63, 3.8) is 0 Å². The lowest BCUT2D eigenvalue weighted by Crippen LogP contribution is -2.46. The van der Waals surface area contributed by atoms with Crippen molar-refractivity contribution >= 4 is 17.7 Å². The van der Waals surface area contributed by atoms with Gasteiger partial charge in [-0.25, -0.2) is 9.59 Å². The van der Waals surface area contributed by atoms with Crippen LogP contribution in [0.2, 0.25) is 0 Å². The number of nitrogens with zero attached hydrogens (tertiary/aromatic N) is 2. The lowest BCUT2D eigenvalue weighted by atomic mass is 9.94. The molecule has 0 aliphatic carbocycles. The molecule has 1 aliphatic rings. The molecule has 9 nitrogen and oxygen atoms in total. The van der Waals surface area contributed by atoms with Crippen molar-refractivity contribution in [3.05, 3.63) is 45.1 Å². The third-order valence-corrected chi connectivity index (χ3v) is 3.89. The Hall–Kier alpha value is -3.10. The van der Waals surface area contributed by atoms with Gasteiger partial charge in [0, 0.05) is 30.4 Å². The topological polar surface area (TPSA) is 111 Å². The zero-order valence-corrected chi connectivity index (χ0v) is 13.7. The molecular weight excluding hydrogens is 318 g/mol. The maximum absolute atomic E-state index is 12.2. The second kappa shape index (κ2) is 6.57. The van der Waals surface area contributed by atoms with Crippen molar-refractivity contribution in [1.29, 1.82) is 0 Å². The lowest BCUT2D eigenvalue weighted by molar-refractivity contribution is -0.385. The second-order valence-electron chi connectivity index (χ2n) is 5.12. The van der Waals surface area contributed by atoms with E-state index in [4.69, 9.17) is 9.47 Å². The van der Waals surface area contributed by atoms with Crippen LogP contribution in [0.3, 0.4) is 0 Å². The van der Waals surface area contributed by atoms with Gasteiger partial charge in [0.25, 0.3) is 5.69 Å². The Labute approximate surface area is 138 Å². The van der Waals surface area contributed by atoms with Crippen LogP contribution in [-0.2, 0) is 9.53 Å². The summed E-state index contributed by atoms with van der Waals surface area (Å²) in [6, 6.07) is 2.61. The van der Waals surface area contributed by atoms with Gasteiger partial charge in [0.2, 0.25) is 0 Å². The number of ether oxygens (including phenoxy) is 2. The third kappa shape index (κ3) is 2.87. The molecule has 9 heteroatoms. The van der Waals surface area contributed by atoms with Crippen molar-refractivity contribution in [1.82, 2.24) is 10.2 Å². The number of carbonyl (C=O) groups excluding carboxylic acids is 2. The smallest absolute Gasteiger partial charge is 0.337 e. The van der Waals surface area contributed by atoms with Crippen LogP contribution in [0.15, 0.2) is 29.5 Å². The maximum atomic E-state index is 12.2. The maximum Gasteiger partial charge on any atom is 0.337 e. The second-order valence-corrected chi connectivity index (χ2v) is 5.12. The Morgan fingerprint density at radius 1 is 1.38 bits per heavy atom. The molecular formula is C15H17N3O6. The van der Waals surface area contributed by atoms with Crippen LogP contribution in [-0.4, -0.2) is 43.1 Å². The highest BCUT2D eigenvalue weighted by molar-refractivity contribution is 5.95. The number of nitrogens with one attached hydrogen (secondary N) is 1. The van der Waals surface area contributed by atoms with E-state index >= 15 is 0 Å². The molecule has 1 aromatic carbocycles. The minimum absolute atomic E-state index is 0.179. The van der Waals surface area contributed by atoms with Crippen LogP contribution >= 0.6 is 0 Å². The average molecular weight is 335 g/mol. The predicted octanol–water partition coefficient (Wildman–Crippen LogP) is 1.75. The van der Waals surface area contributed by atoms with Gasteiger partial charge in [-0.2, -0.15) is 0 Å². The van der Waals surface area contributed by atoms with E-state index in [9.17, 15) is 19.7 Å². The van der Waals surface area contributed by atoms with Crippen LogP contribution in [0.5, 0.6) is 5.75 Å². The summed E-state index contributed by atoms with van der Waals surface area (Å²) in [6.45, 7) is 1.60. The standard InChI is InChI=1S/C15H17N3O6/c1-8-12(14(19)24-4)13(16-15(20)17(8)2)10-7-9(18(21)22)5-6-11(10)23-3/h5-7,13H,1-4H3,(H,16,20). The van der Waals surface area contributed by atoms with Crippen LogP contribution < -0.4 is 10.1 Å². The summed E-state index contributed by atoms with van der Waals surface area (Å²) in [7, 11) is 4.13. The molecule has 0 fully saturated rings. The van der Waals surface area contributed by atoms with Crippen molar-refractivity contribution < 1.29 is 24.0 Å². The zero-order chi connectivity index (χ0) is 18.0. The zero-order valence-electron chi connectivity index (χ0n) is 13.7. The molecule has 1 N–H and O–H groups in total.